The highest BCUT2D eigenvalue weighted by Gasteiger charge is 2.34. The molecule has 2 rings (SSSR count). The molecule has 1 amide bonds. The van der Waals surface area contributed by atoms with Crippen LogP contribution in [0.15, 0.2) is 0 Å². The number of carbonyl (C=O) groups is 1. The maximum Gasteiger partial charge on any atom is 0.407 e. The van der Waals surface area contributed by atoms with Gasteiger partial charge in [-0.3, -0.25) is 0 Å². The summed E-state index contributed by atoms with van der Waals surface area (Å²) in [6, 6.07) is -0.296. The van der Waals surface area contributed by atoms with Gasteiger partial charge in [0.05, 0.1) is 6.54 Å². The zero-order chi connectivity index (χ0) is 12.3. The molecule has 17 heavy (non-hydrogen) atoms. The maximum absolute atomic E-state index is 10.9. The summed E-state index contributed by atoms with van der Waals surface area (Å²) in [5, 5.41) is 12.6. The van der Waals surface area contributed by atoms with Crippen LogP contribution in [0.2, 0.25) is 0 Å². The summed E-state index contributed by atoms with van der Waals surface area (Å²) in [4.78, 5) is 10.9. The number of alkyl carbamates (subject to hydrolysis) is 1. The van der Waals surface area contributed by atoms with Gasteiger partial charge in [0.15, 0.2) is 0 Å². The van der Waals surface area contributed by atoms with Gasteiger partial charge in [-0.15, -0.1) is 0 Å². The van der Waals surface area contributed by atoms with Crippen molar-refractivity contribution < 1.29 is 14.6 Å². The van der Waals surface area contributed by atoms with Gasteiger partial charge in [-0.1, -0.05) is 32.1 Å². The van der Waals surface area contributed by atoms with Crippen LogP contribution in [0, 0.1) is 5.92 Å². The highest BCUT2D eigenvalue weighted by molar-refractivity contribution is 5.69. The molecule has 3 unspecified atom stereocenters. The Bertz CT molecular complexity index is 266. The van der Waals surface area contributed by atoms with Gasteiger partial charge in [0, 0.05) is 6.04 Å². The van der Waals surface area contributed by atoms with Crippen LogP contribution >= 0.6 is 0 Å². The second kappa shape index (κ2) is 5.69. The zero-order valence-corrected chi connectivity index (χ0v) is 10.1. The molecular formula is C12H22N2O3. The predicted octanol–water partition coefficient (Wildman–Crippen LogP) is 0.753. The van der Waals surface area contributed by atoms with Crippen LogP contribution < -0.4 is 11.1 Å². The minimum atomic E-state index is -0.754. The monoisotopic (exact) mass is 242 g/mol. The number of rotatable bonds is 4. The first-order valence-electron chi connectivity index (χ1n) is 6.55. The largest absolute Gasteiger partial charge is 0.442 e. The molecule has 0 bridgehead atoms. The first-order valence-corrected chi connectivity index (χ1v) is 6.55. The van der Waals surface area contributed by atoms with Crippen LogP contribution in [0.1, 0.15) is 38.5 Å². The topological polar surface area (TPSA) is 84.6 Å². The van der Waals surface area contributed by atoms with Crippen molar-refractivity contribution in [2.24, 2.45) is 11.7 Å². The average Bonchev–Trinajstić information content (AvgIpc) is 2.76. The molecule has 2 aliphatic rings. The molecule has 1 aliphatic heterocycles. The molecule has 2 fully saturated rings. The van der Waals surface area contributed by atoms with E-state index in [2.05, 4.69) is 5.32 Å². The molecule has 4 N–H and O–H groups in total. The molecule has 1 heterocycles. The van der Waals surface area contributed by atoms with E-state index >= 15 is 0 Å². The highest BCUT2D eigenvalue weighted by Crippen LogP contribution is 2.28. The highest BCUT2D eigenvalue weighted by atomic mass is 16.6. The van der Waals surface area contributed by atoms with Crippen molar-refractivity contribution in [3.8, 4) is 0 Å². The van der Waals surface area contributed by atoms with Crippen molar-refractivity contribution in [2.75, 3.05) is 6.54 Å². The predicted molar refractivity (Wildman–Crippen MR) is 63.4 cm³/mol. The van der Waals surface area contributed by atoms with Gasteiger partial charge in [-0.25, -0.2) is 4.79 Å². The van der Waals surface area contributed by atoms with Gasteiger partial charge in [-0.05, 0) is 12.3 Å². The zero-order valence-electron chi connectivity index (χ0n) is 10.1. The Kier molecular flexibility index (Phi) is 4.23. The molecule has 1 saturated carbocycles. The summed E-state index contributed by atoms with van der Waals surface area (Å²) in [7, 11) is 0. The standard InChI is InChI=1S/C12H22N2O3/c13-9(6-8-4-2-1-3-5-8)11(15)10-7-14-12(16)17-10/h8-11,15H,1-7,13H2,(H,14,16). The van der Waals surface area contributed by atoms with E-state index in [9.17, 15) is 9.90 Å². The van der Waals surface area contributed by atoms with Crippen LogP contribution in [0.5, 0.6) is 0 Å². The molecular weight excluding hydrogens is 220 g/mol. The third kappa shape index (κ3) is 3.33. The summed E-state index contributed by atoms with van der Waals surface area (Å²) in [5.41, 5.74) is 6.00. The summed E-state index contributed by atoms with van der Waals surface area (Å²) < 4.78 is 4.95. The van der Waals surface area contributed by atoms with E-state index in [0.29, 0.717) is 12.5 Å². The minimum Gasteiger partial charge on any atom is -0.442 e. The summed E-state index contributed by atoms with van der Waals surface area (Å²) >= 11 is 0. The van der Waals surface area contributed by atoms with Crippen molar-refractivity contribution in [1.29, 1.82) is 0 Å². The van der Waals surface area contributed by atoms with Crippen molar-refractivity contribution in [3.63, 3.8) is 0 Å². The van der Waals surface area contributed by atoms with Crippen molar-refractivity contribution >= 4 is 6.09 Å². The number of hydrogen-bond donors (Lipinski definition) is 3. The summed E-state index contributed by atoms with van der Waals surface area (Å²) in [6.45, 7) is 0.359. The van der Waals surface area contributed by atoms with E-state index in [1.165, 1.54) is 32.1 Å². The van der Waals surface area contributed by atoms with E-state index in [-0.39, 0.29) is 6.04 Å². The van der Waals surface area contributed by atoms with Crippen LogP contribution in [-0.4, -0.2) is 36.0 Å². The van der Waals surface area contributed by atoms with Crippen LogP contribution in [0.4, 0.5) is 4.79 Å². The average molecular weight is 242 g/mol. The fraction of sp³-hybridized carbons (Fsp3) is 0.917. The molecule has 0 spiro atoms. The van der Waals surface area contributed by atoms with Gasteiger partial charge in [-0.2, -0.15) is 0 Å². The van der Waals surface area contributed by atoms with Gasteiger partial charge in [0.25, 0.3) is 0 Å². The Morgan fingerprint density at radius 3 is 2.71 bits per heavy atom. The quantitative estimate of drug-likeness (QED) is 0.679. The van der Waals surface area contributed by atoms with Crippen LogP contribution in [0.3, 0.4) is 0 Å². The number of ether oxygens (including phenoxy) is 1. The number of nitrogens with two attached hydrogens (primary N) is 1. The molecule has 0 radical (unpaired) electrons. The first-order chi connectivity index (χ1) is 8.16. The Hall–Kier alpha value is -0.810. The molecule has 0 aromatic rings. The lowest BCUT2D eigenvalue weighted by Gasteiger charge is -2.28. The molecule has 1 aliphatic carbocycles. The van der Waals surface area contributed by atoms with E-state index in [1.807, 2.05) is 0 Å². The molecule has 5 heteroatoms. The normalized spacial score (nSPS) is 29.5. The van der Waals surface area contributed by atoms with Gasteiger partial charge in [0.2, 0.25) is 0 Å². The van der Waals surface area contributed by atoms with Crippen molar-refractivity contribution in [2.45, 2.75) is 56.8 Å². The van der Waals surface area contributed by atoms with Gasteiger partial charge in [0.1, 0.15) is 12.2 Å². The molecule has 3 atom stereocenters. The van der Waals surface area contributed by atoms with Crippen molar-refractivity contribution in [3.05, 3.63) is 0 Å². The number of hydrogen-bond acceptors (Lipinski definition) is 4. The Morgan fingerprint density at radius 1 is 1.41 bits per heavy atom. The van der Waals surface area contributed by atoms with E-state index < -0.39 is 18.3 Å². The second-order valence-corrected chi connectivity index (χ2v) is 5.22. The van der Waals surface area contributed by atoms with E-state index in [1.54, 1.807) is 0 Å². The Labute approximate surface area is 102 Å². The minimum absolute atomic E-state index is 0.296. The number of aliphatic hydroxyl groups excluding tert-OH is 1. The fourth-order valence-electron chi connectivity index (χ4n) is 2.82. The number of aliphatic hydroxyl groups is 1. The molecule has 0 aromatic carbocycles. The van der Waals surface area contributed by atoms with Gasteiger partial charge >= 0.3 is 6.09 Å². The van der Waals surface area contributed by atoms with E-state index in [0.717, 1.165) is 6.42 Å². The number of cyclic esters (lactones) is 1. The third-order valence-electron chi connectivity index (χ3n) is 3.86. The number of carbonyl (C=O) groups excluding carboxylic acids is 1. The Balaban J connectivity index is 1.77. The third-order valence-corrected chi connectivity index (χ3v) is 3.86. The van der Waals surface area contributed by atoms with E-state index in [4.69, 9.17) is 10.5 Å². The van der Waals surface area contributed by atoms with Gasteiger partial charge < -0.3 is 20.9 Å². The SMILES string of the molecule is NC(CC1CCCCC1)C(O)C1CNC(=O)O1. The lowest BCUT2D eigenvalue weighted by atomic mass is 9.83. The molecule has 0 aromatic heterocycles. The number of nitrogens with one attached hydrogen (secondary N) is 1. The van der Waals surface area contributed by atoms with Crippen molar-refractivity contribution in [1.82, 2.24) is 5.32 Å². The molecule has 1 saturated heterocycles. The lowest BCUT2D eigenvalue weighted by molar-refractivity contribution is 0.0121. The smallest absolute Gasteiger partial charge is 0.407 e. The lowest BCUT2D eigenvalue weighted by Crippen LogP contribution is -2.45. The summed E-state index contributed by atoms with van der Waals surface area (Å²) in [5.74, 6) is 0.624. The maximum atomic E-state index is 10.9. The van der Waals surface area contributed by atoms with Crippen LogP contribution in [0.25, 0.3) is 0 Å². The van der Waals surface area contributed by atoms with Crippen LogP contribution in [-0.2, 0) is 4.74 Å². The molecule has 98 valence electrons. The fourth-order valence-corrected chi connectivity index (χ4v) is 2.82. The number of amides is 1. The second-order valence-electron chi connectivity index (χ2n) is 5.22. The first kappa shape index (κ1) is 12.6. The molecule has 5 nitrogen and oxygen atoms in total. The Morgan fingerprint density at radius 2 is 2.12 bits per heavy atom. The summed E-state index contributed by atoms with van der Waals surface area (Å²) in [6.07, 6.45) is 5.41.